The first-order valence-corrected chi connectivity index (χ1v) is 10.3. The molecule has 1 heterocycles. The van der Waals surface area contributed by atoms with Crippen LogP contribution in [0.2, 0.25) is 0 Å². The van der Waals surface area contributed by atoms with E-state index in [-0.39, 0.29) is 6.61 Å². The van der Waals surface area contributed by atoms with Crippen LogP contribution in [0.1, 0.15) is 34.6 Å². The number of hydrogen-bond donors (Lipinski definition) is 3. The first-order chi connectivity index (χ1) is 15.4. The lowest BCUT2D eigenvalue weighted by atomic mass is 9.87. The molecule has 0 bridgehead atoms. The van der Waals surface area contributed by atoms with E-state index in [1.807, 2.05) is 0 Å². The van der Waals surface area contributed by atoms with Gasteiger partial charge in [-0.3, -0.25) is 19.2 Å². The van der Waals surface area contributed by atoms with Crippen molar-refractivity contribution < 1.29 is 57.9 Å². The minimum Gasteiger partial charge on any atom is -0.464 e. The zero-order valence-electron chi connectivity index (χ0n) is 19.1. The number of aliphatic hydroxyl groups is 2. The number of amides is 1. The van der Waals surface area contributed by atoms with E-state index in [0.29, 0.717) is 0 Å². The van der Waals surface area contributed by atoms with Crippen LogP contribution in [0.5, 0.6) is 0 Å². The SMILES string of the molecule is CCOC(=O)[C@@H](CO)NC(=O)C(C)C1O[C@H](COC(C)=O)[C@@H](OC(C)=O)[C@H](OC(C)=O)[C@H]1O. The highest BCUT2D eigenvalue weighted by Gasteiger charge is 2.52. The van der Waals surface area contributed by atoms with Gasteiger partial charge in [0, 0.05) is 20.8 Å². The molecule has 1 rings (SSSR count). The first-order valence-electron chi connectivity index (χ1n) is 10.3. The van der Waals surface area contributed by atoms with Gasteiger partial charge in [-0.1, -0.05) is 6.92 Å². The van der Waals surface area contributed by atoms with E-state index in [9.17, 15) is 34.2 Å². The van der Waals surface area contributed by atoms with Gasteiger partial charge in [-0.2, -0.15) is 0 Å². The molecule has 1 aliphatic heterocycles. The minimum absolute atomic E-state index is 0.0324. The first kappa shape index (κ1) is 28.3. The normalized spacial score (nSPS) is 26.3. The molecular formula is C20H31NO12. The maximum absolute atomic E-state index is 12.7. The molecule has 0 aromatic heterocycles. The lowest BCUT2D eigenvalue weighted by Crippen LogP contribution is -2.64. The summed E-state index contributed by atoms with van der Waals surface area (Å²) in [6.07, 6.45) is -6.94. The lowest BCUT2D eigenvalue weighted by molar-refractivity contribution is -0.253. The molecule has 1 saturated heterocycles. The molecule has 0 saturated carbocycles. The molecule has 13 nitrogen and oxygen atoms in total. The molecule has 7 atom stereocenters. The van der Waals surface area contributed by atoms with Gasteiger partial charge in [0.25, 0.3) is 0 Å². The fourth-order valence-corrected chi connectivity index (χ4v) is 3.24. The summed E-state index contributed by atoms with van der Waals surface area (Å²) in [6.45, 7) is 5.10. The van der Waals surface area contributed by atoms with Crippen LogP contribution >= 0.6 is 0 Å². The molecule has 0 aromatic rings. The Hall–Kier alpha value is -2.77. The summed E-state index contributed by atoms with van der Waals surface area (Å²) in [5.74, 6) is -5.04. The number of esters is 4. The Bertz CT molecular complexity index is 726. The van der Waals surface area contributed by atoms with Crippen molar-refractivity contribution >= 4 is 29.8 Å². The Morgan fingerprint density at radius 2 is 1.55 bits per heavy atom. The monoisotopic (exact) mass is 477 g/mol. The third-order valence-electron chi connectivity index (χ3n) is 4.73. The molecule has 1 fully saturated rings. The fraction of sp³-hybridized carbons (Fsp3) is 0.750. The highest BCUT2D eigenvalue weighted by atomic mass is 16.6. The van der Waals surface area contributed by atoms with Crippen molar-refractivity contribution in [3.63, 3.8) is 0 Å². The van der Waals surface area contributed by atoms with Crippen molar-refractivity contribution in [1.29, 1.82) is 0 Å². The second kappa shape index (κ2) is 13.1. The quantitative estimate of drug-likeness (QED) is 0.238. The van der Waals surface area contributed by atoms with Crippen molar-refractivity contribution in [3.8, 4) is 0 Å². The van der Waals surface area contributed by atoms with E-state index < -0.39 is 85.5 Å². The summed E-state index contributed by atoms with van der Waals surface area (Å²) in [5.41, 5.74) is 0. The summed E-state index contributed by atoms with van der Waals surface area (Å²) in [6, 6.07) is -1.35. The largest absolute Gasteiger partial charge is 0.464 e. The Morgan fingerprint density at radius 3 is 2.03 bits per heavy atom. The summed E-state index contributed by atoms with van der Waals surface area (Å²) in [7, 11) is 0. The van der Waals surface area contributed by atoms with E-state index in [0.717, 1.165) is 20.8 Å². The Kier molecular flexibility index (Phi) is 11.2. The minimum atomic E-state index is -1.64. The van der Waals surface area contributed by atoms with Gasteiger partial charge < -0.3 is 39.2 Å². The van der Waals surface area contributed by atoms with Gasteiger partial charge >= 0.3 is 23.9 Å². The zero-order valence-corrected chi connectivity index (χ0v) is 19.1. The summed E-state index contributed by atoms with van der Waals surface area (Å²) >= 11 is 0. The molecule has 188 valence electrons. The Balaban J connectivity index is 3.17. The van der Waals surface area contributed by atoms with Gasteiger partial charge in [-0.05, 0) is 6.92 Å². The van der Waals surface area contributed by atoms with E-state index >= 15 is 0 Å². The van der Waals surface area contributed by atoms with Gasteiger partial charge in [0.05, 0.1) is 25.2 Å². The molecule has 0 aliphatic carbocycles. The number of rotatable bonds is 10. The van der Waals surface area contributed by atoms with Crippen LogP contribution in [0.4, 0.5) is 0 Å². The van der Waals surface area contributed by atoms with Gasteiger partial charge in [0.1, 0.15) is 18.8 Å². The topological polar surface area (TPSA) is 184 Å². The fourth-order valence-electron chi connectivity index (χ4n) is 3.24. The van der Waals surface area contributed by atoms with Crippen LogP contribution in [0.25, 0.3) is 0 Å². The van der Waals surface area contributed by atoms with Crippen LogP contribution in [0, 0.1) is 5.92 Å². The van der Waals surface area contributed by atoms with Crippen LogP contribution in [-0.4, -0.2) is 96.4 Å². The Labute approximate surface area is 190 Å². The van der Waals surface area contributed by atoms with E-state index in [2.05, 4.69) is 5.32 Å². The van der Waals surface area contributed by atoms with Crippen LogP contribution in [0.15, 0.2) is 0 Å². The van der Waals surface area contributed by atoms with Crippen molar-refractivity contribution in [1.82, 2.24) is 5.32 Å². The maximum Gasteiger partial charge on any atom is 0.331 e. The van der Waals surface area contributed by atoms with Gasteiger partial charge in [-0.25, -0.2) is 4.79 Å². The highest BCUT2D eigenvalue weighted by molar-refractivity contribution is 5.86. The number of ether oxygens (including phenoxy) is 5. The third-order valence-corrected chi connectivity index (χ3v) is 4.73. The predicted octanol–water partition coefficient (Wildman–Crippen LogP) is -1.78. The summed E-state index contributed by atoms with van der Waals surface area (Å²) < 4.78 is 25.8. The van der Waals surface area contributed by atoms with E-state index in [1.54, 1.807) is 6.92 Å². The standard InChI is InChI=1S/C20H31NO12/c1-6-29-20(28)13(7-22)21-19(27)9(2)16-15(26)18(32-12(5)25)17(31-11(4)24)14(33-16)8-30-10(3)23/h9,13-18,22,26H,6-8H2,1-5H3,(H,21,27)/t9?,13-,14-,15+,16?,17-,18-/m1/s1. The predicted molar refractivity (Wildman–Crippen MR) is 107 cm³/mol. The van der Waals surface area contributed by atoms with Crippen molar-refractivity contribution in [2.45, 2.75) is 71.2 Å². The molecule has 0 aromatic carbocycles. The number of aliphatic hydroxyl groups excluding tert-OH is 2. The second-order valence-corrected chi connectivity index (χ2v) is 7.36. The third kappa shape index (κ3) is 8.26. The summed E-state index contributed by atoms with van der Waals surface area (Å²) in [5, 5.41) is 22.5. The zero-order chi connectivity index (χ0) is 25.3. The van der Waals surface area contributed by atoms with Gasteiger partial charge in [0.15, 0.2) is 18.2 Å². The molecule has 1 amide bonds. The van der Waals surface area contributed by atoms with Crippen molar-refractivity contribution in [2.24, 2.45) is 5.92 Å². The van der Waals surface area contributed by atoms with Crippen molar-refractivity contribution in [3.05, 3.63) is 0 Å². The average Bonchev–Trinajstić information content (AvgIpc) is 2.72. The molecule has 2 unspecified atom stereocenters. The van der Waals surface area contributed by atoms with E-state index in [1.165, 1.54) is 6.92 Å². The van der Waals surface area contributed by atoms with Crippen LogP contribution in [-0.2, 0) is 47.7 Å². The summed E-state index contributed by atoms with van der Waals surface area (Å²) in [4.78, 5) is 59.1. The van der Waals surface area contributed by atoms with E-state index in [4.69, 9.17) is 23.7 Å². The molecule has 3 N–H and O–H groups in total. The molecule has 13 heteroatoms. The molecule has 33 heavy (non-hydrogen) atoms. The van der Waals surface area contributed by atoms with Gasteiger partial charge in [-0.15, -0.1) is 0 Å². The average molecular weight is 477 g/mol. The number of carbonyl (C=O) groups is 5. The number of nitrogens with one attached hydrogen (secondary N) is 1. The maximum atomic E-state index is 12.7. The second-order valence-electron chi connectivity index (χ2n) is 7.36. The lowest BCUT2D eigenvalue weighted by Gasteiger charge is -2.44. The van der Waals surface area contributed by atoms with Crippen LogP contribution < -0.4 is 5.32 Å². The highest BCUT2D eigenvalue weighted by Crippen LogP contribution is 2.30. The molecule has 0 spiro atoms. The number of carbonyl (C=O) groups excluding carboxylic acids is 5. The van der Waals surface area contributed by atoms with Gasteiger partial charge in [0.2, 0.25) is 5.91 Å². The molecule has 0 radical (unpaired) electrons. The Morgan fingerprint density at radius 1 is 0.970 bits per heavy atom. The number of hydrogen-bond acceptors (Lipinski definition) is 12. The van der Waals surface area contributed by atoms with Crippen molar-refractivity contribution in [2.75, 3.05) is 19.8 Å². The molecule has 1 aliphatic rings. The molecular weight excluding hydrogens is 446 g/mol. The van der Waals surface area contributed by atoms with Crippen LogP contribution in [0.3, 0.4) is 0 Å². The smallest absolute Gasteiger partial charge is 0.331 e.